The molecule has 3 aliphatic rings. The van der Waals surface area contributed by atoms with Gasteiger partial charge in [-0.15, -0.1) is 20.4 Å². The van der Waals surface area contributed by atoms with Crippen LogP contribution in [0.4, 0.5) is 16.0 Å². The summed E-state index contributed by atoms with van der Waals surface area (Å²) in [6.07, 6.45) is 5.84. The number of halogens is 1. The lowest BCUT2D eigenvalue weighted by atomic mass is 9.71. The summed E-state index contributed by atoms with van der Waals surface area (Å²) in [7, 11) is 3.18. The number of anilines is 2. The fourth-order valence-electron chi connectivity index (χ4n) is 7.64. The van der Waals surface area contributed by atoms with Gasteiger partial charge in [0.1, 0.15) is 17.9 Å². The summed E-state index contributed by atoms with van der Waals surface area (Å²) in [6.45, 7) is 14.3. The molecule has 0 bridgehead atoms. The molecule has 264 valence electrons. The van der Waals surface area contributed by atoms with Gasteiger partial charge in [0, 0.05) is 56.3 Å². The SMILES string of the molecule is CCN(C(=O)c1cc(F)ccc1Oc1nncnc1N1CC2(CCN(C(C)C3CCN(c4cc(OC)c(OC)nn4)CC3)CC2)C1)C(C)C. The molecule has 1 spiro atoms. The number of nitrogens with zero attached hydrogens (tertiary/aromatic N) is 9. The molecule has 0 N–H and O–H groups in total. The summed E-state index contributed by atoms with van der Waals surface area (Å²) < 4.78 is 31.2. The molecule has 49 heavy (non-hydrogen) atoms. The maximum absolute atomic E-state index is 14.3. The number of benzene rings is 1. The number of piperidine rings is 2. The summed E-state index contributed by atoms with van der Waals surface area (Å²) in [4.78, 5) is 26.7. The van der Waals surface area contributed by atoms with Crippen molar-refractivity contribution >= 4 is 17.5 Å². The van der Waals surface area contributed by atoms with Gasteiger partial charge in [-0.05, 0) is 90.6 Å². The van der Waals surface area contributed by atoms with Crippen molar-refractivity contribution in [1.29, 1.82) is 0 Å². The number of hydrogen-bond donors (Lipinski definition) is 0. The number of carbonyl (C=O) groups is 1. The fraction of sp³-hybridized carbons (Fsp3) is 0.600. The Morgan fingerprint density at radius 2 is 1.69 bits per heavy atom. The predicted molar refractivity (Wildman–Crippen MR) is 183 cm³/mol. The molecule has 13 nitrogen and oxygen atoms in total. The average molecular weight is 678 g/mol. The van der Waals surface area contributed by atoms with Crippen LogP contribution in [0.15, 0.2) is 30.6 Å². The minimum Gasteiger partial charge on any atom is -0.491 e. The first-order valence-corrected chi connectivity index (χ1v) is 17.3. The monoisotopic (exact) mass is 677 g/mol. The zero-order chi connectivity index (χ0) is 34.7. The summed E-state index contributed by atoms with van der Waals surface area (Å²) >= 11 is 0. The van der Waals surface area contributed by atoms with Crippen LogP contribution in [-0.2, 0) is 0 Å². The highest BCUT2D eigenvalue weighted by atomic mass is 19.1. The topological polar surface area (TPSA) is 122 Å². The number of methoxy groups -OCH3 is 2. The van der Waals surface area contributed by atoms with Crippen molar-refractivity contribution in [3.05, 3.63) is 42.0 Å². The van der Waals surface area contributed by atoms with Gasteiger partial charge < -0.3 is 33.8 Å². The first kappa shape index (κ1) is 34.5. The quantitative estimate of drug-likeness (QED) is 0.280. The minimum atomic E-state index is -0.506. The van der Waals surface area contributed by atoms with E-state index in [-0.39, 0.29) is 34.6 Å². The Morgan fingerprint density at radius 1 is 0.959 bits per heavy atom. The Hall–Kier alpha value is -4.33. The first-order valence-electron chi connectivity index (χ1n) is 17.3. The normalized spacial score (nSPS) is 18.7. The third-order valence-electron chi connectivity index (χ3n) is 10.6. The zero-order valence-electron chi connectivity index (χ0n) is 29.4. The van der Waals surface area contributed by atoms with E-state index in [2.05, 4.69) is 47.0 Å². The second-order valence-electron chi connectivity index (χ2n) is 13.8. The second-order valence-corrected chi connectivity index (χ2v) is 13.8. The average Bonchev–Trinajstić information content (AvgIpc) is 3.11. The van der Waals surface area contributed by atoms with Crippen LogP contribution in [-0.4, -0.2) is 113 Å². The van der Waals surface area contributed by atoms with Crippen LogP contribution in [0.3, 0.4) is 0 Å². The molecule has 3 aliphatic heterocycles. The van der Waals surface area contributed by atoms with E-state index < -0.39 is 5.82 Å². The maximum atomic E-state index is 14.3. The number of likely N-dealkylation sites (tertiary alicyclic amines) is 1. The van der Waals surface area contributed by atoms with E-state index in [1.165, 1.54) is 24.5 Å². The van der Waals surface area contributed by atoms with Crippen LogP contribution in [0.2, 0.25) is 0 Å². The van der Waals surface area contributed by atoms with Gasteiger partial charge in [-0.2, -0.15) is 0 Å². The van der Waals surface area contributed by atoms with Crippen molar-refractivity contribution in [3.8, 4) is 23.3 Å². The predicted octanol–water partition coefficient (Wildman–Crippen LogP) is 4.69. The fourth-order valence-corrected chi connectivity index (χ4v) is 7.64. The summed E-state index contributed by atoms with van der Waals surface area (Å²) in [5.41, 5.74) is 0.359. The molecule has 14 heteroatoms. The molecule has 0 saturated carbocycles. The van der Waals surface area contributed by atoms with Crippen LogP contribution in [0.25, 0.3) is 0 Å². The van der Waals surface area contributed by atoms with Gasteiger partial charge in [0.15, 0.2) is 17.4 Å². The minimum absolute atomic E-state index is 0.0485. The van der Waals surface area contributed by atoms with Gasteiger partial charge >= 0.3 is 0 Å². The first-order chi connectivity index (χ1) is 23.6. The van der Waals surface area contributed by atoms with Crippen LogP contribution in [0.5, 0.6) is 23.3 Å². The molecule has 0 radical (unpaired) electrons. The Bertz CT molecular complexity index is 1600. The Balaban J connectivity index is 1.04. The molecule has 6 rings (SSSR count). The van der Waals surface area contributed by atoms with Gasteiger partial charge in [0.2, 0.25) is 0 Å². The molecule has 3 saturated heterocycles. The lowest BCUT2D eigenvalue weighted by molar-refractivity contribution is 0.0348. The molecule has 1 amide bonds. The van der Waals surface area contributed by atoms with Crippen molar-refractivity contribution in [2.45, 2.75) is 65.5 Å². The Kier molecular flexibility index (Phi) is 10.3. The Morgan fingerprint density at radius 3 is 2.35 bits per heavy atom. The molecule has 1 atom stereocenters. The van der Waals surface area contributed by atoms with E-state index >= 15 is 0 Å². The molecule has 5 heterocycles. The van der Waals surface area contributed by atoms with Crippen molar-refractivity contribution in [2.75, 3.05) is 69.8 Å². The van der Waals surface area contributed by atoms with Crippen LogP contribution < -0.4 is 24.0 Å². The van der Waals surface area contributed by atoms with Crippen molar-refractivity contribution in [2.24, 2.45) is 11.3 Å². The summed E-state index contributed by atoms with van der Waals surface area (Å²) in [6, 6.07) is 6.33. The number of hydrogen-bond acceptors (Lipinski definition) is 12. The summed E-state index contributed by atoms with van der Waals surface area (Å²) in [5.74, 6) is 2.66. The highest BCUT2D eigenvalue weighted by Gasteiger charge is 2.47. The van der Waals surface area contributed by atoms with E-state index in [1.54, 1.807) is 19.1 Å². The number of amides is 1. The molecule has 3 aromatic rings. The number of ether oxygens (including phenoxy) is 3. The van der Waals surface area contributed by atoms with Crippen molar-refractivity contribution in [1.82, 2.24) is 35.2 Å². The van der Waals surface area contributed by atoms with E-state index in [4.69, 9.17) is 14.2 Å². The number of carbonyl (C=O) groups excluding carboxylic acids is 1. The van der Waals surface area contributed by atoms with Crippen LogP contribution in [0, 0.1) is 17.2 Å². The maximum Gasteiger partial charge on any atom is 0.282 e. The van der Waals surface area contributed by atoms with E-state index in [0.29, 0.717) is 36.0 Å². The lowest BCUT2D eigenvalue weighted by Gasteiger charge is -2.55. The van der Waals surface area contributed by atoms with Gasteiger partial charge in [0.05, 0.1) is 19.8 Å². The Labute approximate surface area is 287 Å². The van der Waals surface area contributed by atoms with E-state index in [1.807, 2.05) is 26.8 Å². The third-order valence-corrected chi connectivity index (χ3v) is 10.6. The molecular weight excluding hydrogens is 629 g/mol. The number of aromatic nitrogens is 5. The molecule has 2 aromatic heterocycles. The highest BCUT2D eigenvalue weighted by Crippen LogP contribution is 2.45. The largest absolute Gasteiger partial charge is 0.491 e. The molecule has 3 fully saturated rings. The summed E-state index contributed by atoms with van der Waals surface area (Å²) in [5, 5.41) is 16.7. The molecule has 0 aliphatic carbocycles. The highest BCUT2D eigenvalue weighted by molar-refractivity contribution is 5.97. The molecular formula is C35H48FN9O4. The van der Waals surface area contributed by atoms with E-state index in [9.17, 15) is 9.18 Å². The second kappa shape index (κ2) is 14.7. The smallest absolute Gasteiger partial charge is 0.282 e. The lowest BCUT2D eigenvalue weighted by Crippen LogP contribution is -2.62. The third kappa shape index (κ3) is 7.19. The van der Waals surface area contributed by atoms with Gasteiger partial charge in [0.25, 0.3) is 17.7 Å². The van der Waals surface area contributed by atoms with Crippen molar-refractivity contribution < 1.29 is 23.4 Å². The van der Waals surface area contributed by atoms with Crippen LogP contribution >= 0.6 is 0 Å². The van der Waals surface area contributed by atoms with Gasteiger partial charge in [-0.25, -0.2) is 9.37 Å². The zero-order valence-corrected chi connectivity index (χ0v) is 29.4. The van der Waals surface area contributed by atoms with Gasteiger partial charge in [-0.1, -0.05) is 0 Å². The standard InChI is InChI=1S/C35H48FN9O4/c1-7-45(23(2)3)34(46)27-18-26(36)8-9-28(27)49-33-31(37-22-38-40-33)44-20-35(21-44)12-16-42(17-13-35)24(4)25-10-14-43(15-11-25)30-19-29(47-5)32(48-6)41-39-30/h8-9,18-19,22-25H,7,10-17,20-21H2,1-6H3. The molecule has 1 unspecified atom stereocenters. The number of rotatable bonds is 11. The van der Waals surface area contributed by atoms with Crippen molar-refractivity contribution in [3.63, 3.8) is 0 Å². The van der Waals surface area contributed by atoms with Crippen LogP contribution in [0.1, 0.15) is 63.7 Å². The molecule has 1 aromatic carbocycles. The van der Waals surface area contributed by atoms with Gasteiger partial charge in [-0.3, -0.25) is 4.79 Å². The van der Waals surface area contributed by atoms with E-state index in [0.717, 1.165) is 70.8 Å².